The first-order valence-corrected chi connectivity index (χ1v) is 10.3. The zero-order valence-electron chi connectivity index (χ0n) is 15.4. The monoisotopic (exact) mass is 410 g/mol. The number of rotatable bonds is 3. The van der Waals surface area contributed by atoms with Gasteiger partial charge < -0.3 is 9.57 Å². The molecule has 2 aliphatic heterocycles. The molecule has 3 aliphatic rings. The molecule has 146 valence electrons. The number of likely N-dealkylation sites (tertiary alicyclic amines) is 1. The van der Waals surface area contributed by atoms with Crippen molar-refractivity contribution < 1.29 is 14.4 Å². The van der Waals surface area contributed by atoms with Gasteiger partial charge in [0.1, 0.15) is 0 Å². The van der Waals surface area contributed by atoms with E-state index in [0.29, 0.717) is 16.5 Å². The minimum Gasteiger partial charge on any atom is -0.469 e. The Labute approximate surface area is 169 Å². The van der Waals surface area contributed by atoms with Crippen LogP contribution in [0.25, 0.3) is 0 Å². The van der Waals surface area contributed by atoms with E-state index >= 15 is 0 Å². The highest BCUT2D eigenvalue weighted by atomic mass is 35.5. The van der Waals surface area contributed by atoms with Crippen LogP contribution < -0.4 is 0 Å². The van der Waals surface area contributed by atoms with Crippen molar-refractivity contribution in [3.63, 3.8) is 0 Å². The first-order chi connectivity index (χ1) is 13.0. The number of ether oxygens (including phenoxy) is 1. The molecule has 0 N–H and O–H groups in total. The smallest absolute Gasteiger partial charge is 0.308 e. The summed E-state index contributed by atoms with van der Waals surface area (Å²) in [4.78, 5) is 20.9. The molecule has 27 heavy (non-hydrogen) atoms. The van der Waals surface area contributed by atoms with E-state index in [4.69, 9.17) is 32.8 Å². The first-order valence-electron chi connectivity index (χ1n) is 9.59. The molecule has 1 aliphatic carbocycles. The minimum absolute atomic E-state index is 0.0995. The van der Waals surface area contributed by atoms with Gasteiger partial charge in [-0.15, -0.1) is 0 Å². The van der Waals surface area contributed by atoms with Crippen LogP contribution in [0.4, 0.5) is 0 Å². The summed E-state index contributed by atoms with van der Waals surface area (Å²) < 4.78 is 5.06. The average molecular weight is 411 g/mol. The summed E-state index contributed by atoms with van der Waals surface area (Å²) >= 11 is 12.3. The van der Waals surface area contributed by atoms with Crippen molar-refractivity contribution in [3.05, 3.63) is 33.8 Å². The van der Waals surface area contributed by atoms with Crippen LogP contribution in [0.3, 0.4) is 0 Å². The molecule has 0 radical (unpaired) electrons. The van der Waals surface area contributed by atoms with Gasteiger partial charge in [-0.1, -0.05) is 40.8 Å². The van der Waals surface area contributed by atoms with E-state index in [1.165, 1.54) is 7.11 Å². The van der Waals surface area contributed by atoms with Gasteiger partial charge in [0.15, 0.2) is 0 Å². The second-order valence-electron chi connectivity index (χ2n) is 7.64. The lowest BCUT2D eigenvalue weighted by Crippen LogP contribution is -2.54. The van der Waals surface area contributed by atoms with Gasteiger partial charge in [-0.2, -0.15) is 0 Å². The van der Waals surface area contributed by atoms with Crippen molar-refractivity contribution in [1.29, 1.82) is 0 Å². The third kappa shape index (κ3) is 3.34. The van der Waals surface area contributed by atoms with Gasteiger partial charge >= 0.3 is 5.97 Å². The van der Waals surface area contributed by atoms with Crippen LogP contribution in [-0.4, -0.2) is 42.5 Å². The number of nitrogens with zero attached hydrogens (tertiary/aromatic N) is 2. The van der Waals surface area contributed by atoms with E-state index in [-0.39, 0.29) is 17.8 Å². The van der Waals surface area contributed by atoms with Gasteiger partial charge in [-0.3, -0.25) is 9.69 Å². The molecule has 1 saturated carbocycles. The average Bonchev–Trinajstić information content (AvgIpc) is 3.28. The topological polar surface area (TPSA) is 51.1 Å². The van der Waals surface area contributed by atoms with Crippen molar-refractivity contribution in [2.75, 3.05) is 20.2 Å². The molecule has 5 nitrogen and oxygen atoms in total. The maximum atomic E-state index is 12.3. The molecule has 2 fully saturated rings. The van der Waals surface area contributed by atoms with Crippen LogP contribution in [-0.2, 0) is 14.4 Å². The summed E-state index contributed by atoms with van der Waals surface area (Å²) in [7, 11) is 1.46. The number of hydrogen-bond donors (Lipinski definition) is 0. The molecule has 3 unspecified atom stereocenters. The minimum atomic E-state index is -0.576. The Hall–Kier alpha value is -1.30. The molecule has 7 heteroatoms. The third-order valence-electron chi connectivity index (χ3n) is 6.15. The first kappa shape index (κ1) is 19.0. The summed E-state index contributed by atoms with van der Waals surface area (Å²) in [5, 5.41) is 5.56. The largest absolute Gasteiger partial charge is 0.469 e. The lowest BCUT2D eigenvalue weighted by atomic mass is 9.82. The summed E-state index contributed by atoms with van der Waals surface area (Å²) in [5.41, 5.74) is 1.27. The van der Waals surface area contributed by atoms with Crippen LogP contribution in [0, 0.1) is 11.8 Å². The predicted molar refractivity (Wildman–Crippen MR) is 105 cm³/mol. The lowest BCUT2D eigenvalue weighted by Gasteiger charge is -2.40. The maximum absolute atomic E-state index is 12.3. The fourth-order valence-electron chi connectivity index (χ4n) is 4.81. The molecule has 2 heterocycles. The molecule has 3 atom stereocenters. The lowest BCUT2D eigenvalue weighted by molar-refractivity contribution is -0.172. The Bertz CT molecular complexity index is 764. The quantitative estimate of drug-likeness (QED) is 0.688. The molecule has 0 amide bonds. The van der Waals surface area contributed by atoms with E-state index in [1.807, 2.05) is 12.1 Å². The third-order valence-corrected chi connectivity index (χ3v) is 6.89. The molecule has 1 saturated heterocycles. The number of fused-ring (bicyclic) bond motifs is 1. The van der Waals surface area contributed by atoms with Gasteiger partial charge in [0.2, 0.25) is 5.72 Å². The molecule has 1 aromatic carbocycles. The van der Waals surface area contributed by atoms with E-state index < -0.39 is 5.72 Å². The standard InChI is InChI=1S/C20H24Cl2N2O3/c1-26-19(25)14-5-4-6-15-18(13-7-8-16(21)17(22)11-13)23-27-20(15,12-14)24-9-2-3-10-24/h7-8,11,14-15H,2-6,9-10,12H2,1H3. The van der Waals surface area contributed by atoms with Crippen molar-refractivity contribution in [2.45, 2.75) is 44.2 Å². The summed E-state index contributed by atoms with van der Waals surface area (Å²) in [6, 6.07) is 5.60. The van der Waals surface area contributed by atoms with Crippen LogP contribution in [0.2, 0.25) is 10.0 Å². The van der Waals surface area contributed by atoms with Gasteiger partial charge in [-0.25, -0.2) is 0 Å². The Morgan fingerprint density at radius 2 is 2.00 bits per heavy atom. The molecule has 0 aromatic heterocycles. The number of esters is 1. The molecule has 0 bridgehead atoms. The second-order valence-corrected chi connectivity index (χ2v) is 8.46. The zero-order valence-corrected chi connectivity index (χ0v) is 16.9. The summed E-state index contributed by atoms with van der Waals surface area (Å²) in [5.74, 6) is -0.215. The number of carbonyl (C=O) groups excluding carboxylic acids is 1. The zero-order chi connectivity index (χ0) is 19.0. The number of benzene rings is 1. The maximum Gasteiger partial charge on any atom is 0.308 e. The predicted octanol–water partition coefficient (Wildman–Crippen LogP) is 4.50. The Kier molecular flexibility index (Phi) is 5.36. The molecule has 1 aromatic rings. The number of carbonyl (C=O) groups is 1. The Morgan fingerprint density at radius 3 is 2.70 bits per heavy atom. The van der Waals surface area contributed by atoms with E-state index in [1.54, 1.807) is 6.07 Å². The van der Waals surface area contributed by atoms with Gasteiger partial charge in [0, 0.05) is 25.1 Å². The van der Waals surface area contributed by atoms with E-state index in [2.05, 4.69) is 10.1 Å². The van der Waals surface area contributed by atoms with Gasteiger partial charge in [0.05, 0.1) is 34.7 Å². The highest BCUT2D eigenvalue weighted by Gasteiger charge is 2.56. The number of halogens is 2. The fraction of sp³-hybridized carbons (Fsp3) is 0.600. The second kappa shape index (κ2) is 7.61. The van der Waals surface area contributed by atoms with Crippen LogP contribution in [0.15, 0.2) is 23.4 Å². The van der Waals surface area contributed by atoms with Crippen molar-refractivity contribution in [3.8, 4) is 0 Å². The van der Waals surface area contributed by atoms with Gasteiger partial charge in [0.25, 0.3) is 0 Å². The van der Waals surface area contributed by atoms with E-state index in [9.17, 15) is 4.79 Å². The van der Waals surface area contributed by atoms with Crippen molar-refractivity contribution >= 4 is 34.9 Å². The number of hydrogen-bond acceptors (Lipinski definition) is 5. The van der Waals surface area contributed by atoms with Gasteiger partial charge in [-0.05, 0) is 37.8 Å². The highest BCUT2D eigenvalue weighted by Crippen LogP contribution is 2.47. The molecular weight excluding hydrogens is 387 g/mol. The van der Waals surface area contributed by atoms with E-state index in [0.717, 1.165) is 56.5 Å². The van der Waals surface area contributed by atoms with Crippen molar-refractivity contribution in [2.24, 2.45) is 17.0 Å². The molecular formula is C20H24Cl2N2O3. The normalized spacial score (nSPS) is 31.0. The van der Waals surface area contributed by atoms with Crippen LogP contribution in [0.5, 0.6) is 0 Å². The highest BCUT2D eigenvalue weighted by molar-refractivity contribution is 6.42. The summed E-state index contributed by atoms with van der Waals surface area (Å²) in [6.45, 7) is 1.93. The van der Waals surface area contributed by atoms with Crippen LogP contribution in [0.1, 0.15) is 44.1 Å². The Morgan fingerprint density at radius 1 is 1.22 bits per heavy atom. The number of oxime groups is 1. The molecule has 0 spiro atoms. The molecule has 4 rings (SSSR count). The SMILES string of the molecule is COC(=O)C1CCCC2C(c3ccc(Cl)c(Cl)c3)=NOC2(N2CCCC2)C1. The summed E-state index contributed by atoms with van der Waals surface area (Å²) in [6.07, 6.45) is 5.56. The van der Waals surface area contributed by atoms with Crippen LogP contribution >= 0.6 is 23.2 Å². The Balaban J connectivity index is 1.70. The van der Waals surface area contributed by atoms with Crippen molar-refractivity contribution in [1.82, 2.24) is 4.90 Å². The number of methoxy groups -OCH3 is 1. The fourth-order valence-corrected chi connectivity index (χ4v) is 5.11.